The smallest absolute Gasteiger partial charge is 0.151 e. The Kier molecular flexibility index (Phi) is 7.22. The molecular formula is C17H25ClN2OS. The summed E-state index contributed by atoms with van der Waals surface area (Å²) in [5.41, 5.74) is 2.21. The highest BCUT2D eigenvalue weighted by atomic mass is 35.5. The molecule has 0 radical (unpaired) electrons. The number of aldehydes is 1. The molecule has 1 aromatic rings. The summed E-state index contributed by atoms with van der Waals surface area (Å²) < 4.78 is 0. The van der Waals surface area contributed by atoms with Crippen molar-refractivity contribution in [2.45, 2.75) is 25.0 Å². The molecule has 3 nitrogen and oxygen atoms in total. The SMILES string of the molecule is CNCC1(CCSCc2ccc(C=O)c(Cl)c2)CCNCC1. The zero-order chi connectivity index (χ0) is 15.8. The molecule has 1 heterocycles. The lowest BCUT2D eigenvalue weighted by Crippen LogP contribution is -2.42. The highest BCUT2D eigenvalue weighted by Crippen LogP contribution is 2.34. The Morgan fingerprint density at radius 3 is 2.82 bits per heavy atom. The number of rotatable bonds is 8. The van der Waals surface area contributed by atoms with Crippen LogP contribution >= 0.6 is 23.4 Å². The summed E-state index contributed by atoms with van der Waals surface area (Å²) in [6, 6.07) is 5.71. The molecule has 0 spiro atoms. The number of benzene rings is 1. The number of carbonyl (C=O) groups is 1. The third kappa shape index (κ3) is 4.98. The number of nitrogens with one attached hydrogen (secondary N) is 2. The third-order valence-corrected chi connectivity index (χ3v) is 5.81. The molecule has 1 aliphatic rings. The minimum atomic E-state index is 0.450. The predicted octanol–water partition coefficient (Wildman–Crippen LogP) is 3.37. The van der Waals surface area contributed by atoms with Gasteiger partial charge in [-0.25, -0.2) is 0 Å². The summed E-state index contributed by atoms with van der Waals surface area (Å²) in [4.78, 5) is 10.8. The first-order chi connectivity index (χ1) is 10.7. The van der Waals surface area contributed by atoms with Crippen LogP contribution in [0, 0.1) is 5.41 Å². The second-order valence-electron chi connectivity index (χ2n) is 6.06. The second-order valence-corrected chi connectivity index (χ2v) is 7.57. The van der Waals surface area contributed by atoms with E-state index in [-0.39, 0.29) is 0 Å². The van der Waals surface area contributed by atoms with Gasteiger partial charge in [0, 0.05) is 17.9 Å². The number of halogens is 1. The molecule has 0 saturated carbocycles. The zero-order valence-electron chi connectivity index (χ0n) is 13.2. The topological polar surface area (TPSA) is 41.1 Å². The van der Waals surface area contributed by atoms with Crippen LogP contribution in [0.4, 0.5) is 0 Å². The quantitative estimate of drug-likeness (QED) is 0.562. The van der Waals surface area contributed by atoms with Crippen LogP contribution in [0.5, 0.6) is 0 Å². The molecule has 0 aromatic heterocycles. The summed E-state index contributed by atoms with van der Waals surface area (Å²) in [5, 5.41) is 7.38. The van der Waals surface area contributed by atoms with Crippen molar-refractivity contribution in [1.29, 1.82) is 0 Å². The fourth-order valence-corrected chi connectivity index (χ4v) is 4.47. The van der Waals surface area contributed by atoms with Gasteiger partial charge in [0.15, 0.2) is 6.29 Å². The van der Waals surface area contributed by atoms with Crippen molar-refractivity contribution in [2.75, 3.05) is 32.4 Å². The van der Waals surface area contributed by atoms with E-state index in [1.54, 1.807) is 6.07 Å². The summed E-state index contributed by atoms with van der Waals surface area (Å²) in [6.07, 6.45) is 4.57. The van der Waals surface area contributed by atoms with Gasteiger partial charge in [-0.1, -0.05) is 17.7 Å². The van der Waals surface area contributed by atoms with E-state index >= 15 is 0 Å². The lowest BCUT2D eigenvalue weighted by Gasteiger charge is -2.37. The van der Waals surface area contributed by atoms with E-state index in [1.807, 2.05) is 30.9 Å². The maximum atomic E-state index is 10.8. The maximum Gasteiger partial charge on any atom is 0.151 e. The fraction of sp³-hybridized carbons (Fsp3) is 0.588. The van der Waals surface area contributed by atoms with Crippen LogP contribution in [0.25, 0.3) is 0 Å². The van der Waals surface area contributed by atoms with Gasteiger partial charge in [0.25, 0.3) is 0 Å². The summed E-state index contributed by atoms with van der Waals surface area (Å²) in [7, 11) is 2.05. The molecule has 1 fully saturated rings. The van der Waals surface area contributed by atoms with Gasteiger partial charge in [-0.15, -0.1) is 0 Å². The average molecular weight is 341 g/mol. The van der Waals surface area contributed by atoms with E-state index in [4.69, 9.17) is 11.6 Å². The van der Waals surface area contributed by atoms with Gasteiger partial charge in [0.2, 0.25) is 0 Å². The average Bonchev–Trinajstić information content (AvgIpc) is 2.53. The largest absolute Gasteiger partial charge is 0.319 e. The minimum absolute atomic E-state index is 0.450. The van der Waals surface area contributed by atoms with Gasteiger partial charge in [0.1, 0.15) is 0 Å². The predicted molar refractivity (Wildman–Crippen MR) is 96.1 cm³/mol. The zero-order valence-corrected chi connectivity index (χ0v) is 14.7. The van der Waals surface area contributed by atoms with Crippen LogP contribution < -0.4 is 10.6 Å². The van der Waals surface area contributed by atoms with Crippen molar-refractivity contribution < 1.29 is 4.79 Å². The Balaban J connectivity index is 1.80. The first kappa shape index (κ1) is 17.8. The van der Waals surface area contributed by atoms with Crippen molar-refractivity contribution in [2.24, 2.45) is 5.41 Å². The van der Waals surface area contributed by atoms with Crippen molar-refractivity contribution in [3.05, 3.63) is 34.3 Å². The highest BCUT2D eigenvalue weighted by Gasteiger charge is 2.30. The molecule has 1 saturated heterocycles. The lowest BCUT2D eigenvalue weighted by atomic mass is 9.76. The molecule has 0 bridgehead atoms. The van der Waals surface area contributed by atoms with E-state index in [0.29, 0.717) is 16.0 Å². The van der Waals surface area contributed by atoms with Crippen LogP contribution in [0.3, 0.4) is 0 Å². The van der Waals surface area contributed by atoms with Crippen molar-refractivity contribution in [1.82, 2.24) is 10.6 Å². The van der Waals surface area contributed by atoms with Gasteiger partial charge in [-0.3, -0.25) is 4.79 Å². The van der Waals surface area contributed by atoms with Crippen LogP contribution in [-0.4, -0.2) is 38.7 Å². The summed E-state index contributed by atoms with van der Waals surface area (Å²) in [6.45, 7) is 3.37. The van der Waals surface area contributed by atoms with E-state index < -0.39 is 0 Å². The summed E-state index contributed by atoms with van der Waals surface area (Å²) in [5.74, 6) is 2.11. The van der Waals surface area contributed by atoms with E-state index in [0.717, 1.165) is 37.4 Å². The van der Waals surface area contributed by atoms with Gasteiger partial charge in [0.05, 0.1) is 5.02 Å². The molecule has 1 aromatic carbocycles. The minimum Gasteiger partial charge on any atom is -0.319 e. The number of thioether (sulfide) groups is 1. The molecule has 122 valence electrons. The molecule has 5 heteroatoms. The lowest BCUT2D eigenvalue weighted by molar-refractivity contribution is 0.112. The molecule has 0 amide bonds. The maximum absolute atomic E-state index is 10.8. The molecule has 1 aliphatic heterocycles. The highest BCUT2D eigenvalue weighted by molar-refractivity contribution is 7.98. The van der Waals surface area contributed by atoms with Gasteiger partial charge >= 0.3 is 0 Å². The van der Waals surface area contributed by atoms with Gasteiger partial charge in [-0.05, 0) is 68.3 Å². The van der Waals surface area contributed by atoms with E-state index in [1.165, 1.54) is 24.8 Å². The number of hydrogen-bond donors (Lipinski definition) is 2. The third-order valence-electron chi connectivity index (χ3n) is 4.45. The molecule has 2 rings (SSSR count). The number of piperidine rings is 1. The van der Waals surface area contributed by atoms with Crippen LogP contribution in [0.15, 0.2) is 18.2 Å². The Hall–Kier alpha value is -0.550. The van der Waals surface area contributed by atoms with E-state index in [2.05, 4.69) is 10.6 Å². The number of carbonyl (C=O) groups excluding carboxylic acids is 1. The van der Waals surface area contributed by atoms with Crippen molar-refractivity contribution >= 4 is 29.6 Å². The second kappa shape index (κ2) is 8.92. The Bertz CT molecular complexity index is 484. The standard InChI is InChI=1S/C17H25ClN2OS/c1-19-13-17(4-7-20-8-5-17)6-9-22-12-14-2-3-15(11-21)16(18)10-14/h2-3,10-11,19-20H,4-9,12-13H2,1H3. The monoisotopic (exact) mass is 340 g/mol. The molecular weight excluding hydrogens is 316 g/mol. The van der Waals surface area contributed by atoms with Gasteiger partial charge < -0.3 is 10.6 Å². The van der Waals surface area contributed by atoms with Crippen molar-refractivity contribution in [3.63, 3.8) is 0 Å². The van der Waals surface area contributed by atoms with Crippen LogP contribution in [-0.2, 0) is 5.75 Å². The molecule has 0 aliphatic carbocycles. The van der Waals surface area contributed by atoms with Crippen LogP contribution in [0.2, 0.25) is 5.02 Å². The first-order valence-electron chi connectivity index (χ1n) is 7.86. The Morgan fingerprint density at radius 1 is 1.41 bits per heavy atom. The Labute approximate surface area is 142 Å². The molecule has 2 N–H and O–H groups in total. The first-order valence-corrected chi connectivity index (χ1v) is 9.39. The molecule has 0 unspecified atom stereocenters. The van der Waals surface area contributed by atoms with Gasteiger partial charge in [-0.2, -0.15) is 11.8 Å². The fourth-order valence-electron chi connectivity index (χ4n) is 3.08. The molecule has 0 atom stereocenters. The van der Waals surface area contributed by atoms with Crippen molar-refractivity contribution in [3.8, 4) is 0 Å². The summed E-state index contributed by atoms with van der Waals surface area (Å²) >= 11 is 8.02. The Morgan fingerprint density at radius 2 is 2.18 bits per heavy atom. The normalized spacial score (nSPS) is 17.4. The van der Waals surface area contributed by atoms with Crippen LogP contribution in [0.1, 0.15) is 35.2 Å². The number of hydrogen-bond acceptors (Lipinski definition) is 4. The van der Waals surface area contributed by atoms with E-state index in [9.17, 15) is 4.79 Å². The molecule has 22 heavy (non-hydrogen) atoms.